The fourth-order valence-electron chi connectivity index (χ4n) is 4.88. The summed E-state index contributed by atoms with van der Waals surface area (Å²) in [5, 5.41) is 10.7. The molecule has 0 unspecified atom stereocenters. The number of nitrogens with one attached hydrogen (secondary N) is 2. The van der Waals surface area contributed by atoms with Crippen molar-refractivity contribution < 1.29 is 5.11 Å². The van der Waals surface area contributed by atoms with Crippen LogP contribution in [-0.4, -0.2) is 25.0 Å². The Kier molecular flexibility index (Phi) is 5.23. The molecule has 0 aliphatic carbocycles. The molecule has 8 bridgehead atoms. The quantitative estimate of drug-likeness (QED) is 0.218. The molecular weight excluding hydrogens is 492 g/mol. The third-order valence-electron chi connectivity index (χ3n) is 6.64. The molecule has 0 spiro atoms. The van der Waals surface area contributed by atoms with E-state index in [1.807, 2.05) is 91.0 Å². The van der Waals surface area contributed by atoms with Gasteiger partial charge in [0.2, 0.25) is 0 Å². The highest BCUT2D eigenvalue weighted by Crippen LogP contribution is 2.37. The molecule has 2 aliphatic heterocycles. The minimum Gasteiger partial charge on any atom is -0.508 e. The molecular formula is C32H21ClN4O. The average molecular weight is 513 g/mol. The number of aromatic nitrogens is 4. The Morgan fingerprint density at radius 3 is 1.89 bits per heavy atom. The summed E-state index contributed by atoms with van der Waals surface area (Å²) in [6, 6.07) is 27.3. The number of phenolic OH excluding ortho intramolecular Hbond substituents is 1. The number of hydrogen-bond acceptors (Lipinski definition) is 3. The van der Waals surface area contributed by atoms with Gasteiger partial charge in [0.15, 0.2) is 0 Å². The first kappa shape index (κ1) is 22.3. The van der Waals surface area contributed by atoms with Crippen LogP contribution in [0.2, 0.25) is 5.02 Å². The highest BCUT2D eigenvalue weighted by atomic mass is 35.5. The Morgan fingerprint density at radius 2 is 1.18 bits per heavy atom. The van der Waals surface area contributed by atoms with E-state index in [0.29, 0.717) is 5.02 Å². The van der Waals surface area contributed by atoms with Crippen molar-refractivity contribution in [2.24, 2.45) is 0 Å². The molecule has 0 fully saturated rings. The molecule has 0 radical (unpaired) electrons. The lowest BCUT2D eigenvalue weighted by molar-refractivity contribution is 0.475. The van der Waals surface area contributed by atoms with Crippen LogP contribution in [0.15, 0.2) is 84.9 Å². The van der Waals surface area contributed by atoms with Gasteiger partial charge in [-0.15, -0.1) is 0 Å². The van der Waals surface area contributed by atoms with E-state index < -0.39 is 0 Å². The first-order chi connectivity index (χ1) is 18.6. The van der Waals surface area contributed by atoms with Gasteiger partial charge < -0.3 is 15.1 Å². The Balaban J connectivity index is 1.64. The summed E-state index contributed by atoms with van der Waals surface area (Å²) >= 11 is 6.22. The van der Waals surface area contributed by atoms with E-state index in [1.165, 1.54) is 0 Å². The molecule has 6 heteroatoms. The van der Waals surface area contributed by atoms with Gasteiger partial charge in [0.05, 0.1) is 28.3 Å². The van der Waals surface area contributed by atoms with Crippen LogP contribution in [-0.2, 0) is 0 Å². The molecule has 5 nitrogen and oxygen atoms in total. The van der Waals surface area contributed by atoms with Gasteiger partial charge in [-0.25, -0.2) is 9.97 Å². The average Bonchev–Trinajstić information content (AvgIpc) is 3.71. The standard InChI is InChI=1S/C32H21ClN4O/c33-21-5-1-19(2-6-21)29-18-27-17-25-10-9-23(35-25)15-22-7-8-24(34-22)16-26-11-14-30(36-26)31(32(29)37-27)20-3-12-28(38)13-4-20/h1-18,34,37-38H. The third-order valence-corrected chi connectivity index (χ3v) is 6.89. The summed E-state index contributed by atoms with van der Waals surface area (Å²) in [6.45, 7) is 0. The van der Waals surface area contributed by atoms with Gasteiger partial charge in [0, 0.05) is 32.7 Å². The molecule has 0 saturated heterocycles. The van der Waals surface area contributed by atoms with Crippen LogP contribution in [0.25, 0.3) is 68.6 Å². The van der Waals surface area contributed by atoms with E-state index in [4.69, 9.17) is 21.6 Å². The Hall–Kier alpha value is -4.87. The molecule has 7 rings (SSSR count). The summed E-state index contributed by atoms with van der Waals surface area (Å²) in [5.41, 5.74) is 11.1. The van der Waals surface area contributed by atoms with Crippen LogP contribution < -0.4 is 0 Å². The number of phenols is 1. The van der Waals surface area contributed by atoms with E-state index in [2.05, 4.69) is 16.0 Å². The summed E-state index contributed by atoms with van der Waals surface area (Å²) in [4.78, 5) is 16.9. The second-order valence-corrected chi connectivity index (χ2v) is 9.73. The predicted molar refractivity (Wildman–Crippen MR) is 156 cm³/mol. The summed E-state index contributed by atoms with van der Waals surface area (Å²) in [5.74, 6) is 0.211. The lowest BCUT2D eigenvalue weighted by Crippen LogP contribution is -1.87. The molecule has 3 N–H and O–H groups in total. The molecule has 2 aromatic carbocycles. The van der Waals surface area contributed by atoms with Crippen LogP contribution in [0.4, 0.5) is 0 Å². The molecule has 2 aliphatic rings. The van der Waals surface area contributed by atoms with Gasteiger partial charge in [-0.1, -0.05) is 35.9 Å². The number of fused-ring (bicyclic) bond motifs is 8. The van der Waals surface area contributed by atoms with Gasteiger partial charge >= 0.3 is 0 Å². The van der Waals surface area contributed by atoms with Crippen LogP contribution in [0.1, 0.15) is 22.8 Å². The number of rotatable bonds is 2. The van der Waals surface area contributed by atoms with Crippen molar-refractivity contribution in [1.29, 1.82) is 0 Å². The smallest absolute Gasteiger partial charge is 0.115 e. The summed E-state index contributed by atoms with van der Waals surface area (Å²) in [6.07, 6.45) is 8.07. The zero-order valence-electron chi connectivity index (χ0n) is 20.1. The van der Waals surface area contributed by atoms with Crippen molar-refractivity contribution in [3.63, 3.8) is 0 Å². The van der Waals surface area contributed by atoms with Crippen molar-refractivity contribution >= 4 is 58.0 Å². The fraction of sp³-hybridized carbons (Fsp3) is 0. The maximum Gasteiger partial charge on any atom is 0.115 e. The maximum absolute atomic E-state index is 9.99. The van der Waals surface area contributed by atoms with E-state index >= 15 is 0 Å². The minimum absolute atomic E-state index is 0.211. The van der Waals surface area contributed by atoms with Gasteiger partial charge in [-0.2, -0.15) is 0 Å². The van der Waals surface area contributed by atoms with Crippen LogP contribution in [0.3, 0.4) is 0 Å². The number of H-pyrrole nitrogens is 2. The first-order valence-electron chi connectivity index (χ1n) is 12.2. The van der Waals surface area contributed by atoms with E-state index in [-0.39, 0.29) is 5.75 Å². The lowest BCUT2D eigenvalue weighted by atomic mass is 9.99. The molecule has 0 saturated carbocycles. The molecule has 182 valence electrons. The highest BCUT2D eigenvalue weighted by molar-refractivity contribution is 6.30. The highest BCUT2D eigenvalue weighted by Gasteiger charge is 2.15. The van der Waals surface area contributed by atoms with E-state index in [1.54, 1.807) is 12.1 Å². The molecule has 3 aromatic heterocycles. The van der Waals surface area contributed by atoms with Crippen molar-refractivity contribution in [3.8, 4) is 28.0 Å². The molecule has 5 aromatic rings. The molecule has 38 heavy (non-hydrogen) atoms. The second-order valence-electron chi connectivity index (χ2n) is 9.29. The Labute approximate surface area is 223 Å². The van der Waals surface area contributed by atoms with Crippen molar-refractivity contribution in [2.75, 3.05) is 0 Å². The van der Waals surface area contributed by atoms with Crippen LogP contribution in [0.5, 0.6) is 5.75 Å². The topological polar surface area (TPSA) is 77.6 Å². The van der Waals surface area contributed by atoms with Crippen LogP contribution >= 0.6 is 11.6 Å². The molecule has 5 heterocycles. The van der Waals surface area contributed by atoms with Crippen molar-refractivity contribution in [3.05, 3.63) is 113 Å². The van der Waals surface area contributed by atoms with Gasteiger partial charge in [0.1, 0.15) is 5.75 Å². The fourth-order valence-corrected chi connectivity index (χ4v) is 5.01. The number of aromatic hydroxyl groups is 1. The predicted octanol–water partition coefficient (Wildman–Crippen LogP) is 8.35. The third kappa shape index (κ3) is 4.19. The normalized spacial score (nSPS) is 12.2. The number of nitrogens with zero attached hydrogens (tertiary/aromatic N) is 2. The van der Waals surface area contributed by atoms with Crippen LogP contribution in [0, 0.1) is 0 Å². The number of aromatic amines is 2. The summed E-state index contributed by atoms with van der Waals surface area (Å²) < 4.78 is 0. The van der Waals surface area contributed by atoms with E-state index in [9.17, 15) is 5.11 Å². The lowest BCUT2D eigenvalue weighted by Gasteiger charge is -2.07. The Morgan fingerprint density at radius 1 is 0.579 bits per heavy atom. The first-order valence-corrected chi connectivity index (χ1v) is 12.6. The minimum atomic E-state index is 0.211. The zero-order chi connectivity index (χ0) is 25.6. The van der Waals surface area contributed by atoms with E-state index in [0.717, 1.165) is 67.1 Å². The largest absolute Gasteiger partial charge is 0.508 e. The monoisotopic (exact) mass is 512 g/mol. The van der Waals surface area contributed by atoms with Crippen molar-refractivity contribution in [1.82, 2.24) is 19.9 Å². The number of benzene rings is 2. The van der Waals surface area contributed by atoms with Gasteiger partial charge in [0.25, 0.3) is 0 Å². The van der Waals surface area contributed by atoms with Gasteiger partial charge in [-0.05, 0) is 96.1 Å². The molecule has 0 atom stereocenters. The number of hydrogen-bond donors (Lipinski definition) is 3. The van der Waals surface area contributed by atoms with Crippen molar-refractivity contribution in [2.45, 2.75) is 0 Å². The molecule has 0 amide bonds. The zero-order valence-corrected chi connectivity index (χ0v) is 20.9. The van der Waals surface area contributed by atoms with Gasteiger partial charge in [-0.3, -0.25) is 0 Å². The Bertz CT molecular complexity index is 1930. The second kappa shape index (κ2) is 8.91. The summed E-state index contributed by atoms with van der Waals surface area (Å²) in [7, 11) is 0. The number of halogens is 1. The maximum atomic E-state index is 9.99. The SMILES string of the molecule is Oc1ccc(-c2c3nc(cc4ccc(cc5nc(cc6cc(-c7ccc(Cl)cc7)c2[nH]6)C=C5)[nH]4)C=C3)cc1.